The van der Waals surface area contributed by atoms with Crippen molar-refractivity contribution in [2.75, 3.05) is 26.4 Å². The van der Waals surface area contributed by atoms with E-state index in [1.807, 2.05) is 24.3 Å². The van der Waals surface area contributed by atoms with E-state index in [0.29, 0.717) is 30.2 Å². The van der Waals surface area contributed by atoms with Crippen LogP contribution in [0.3, 0.4) is 0 Å². The van der Waals surface area contributed by atoms with Crippen molar-refractivity contribution in [3.05, 3.63) is 75.8 Å². The van der Waals surface area contributed by atoms with Crippen molar-refractivity contribution in [1.82, 2.24) is 0 Å². The number of rotatable bonds is 5. The highest BCUT2D eigenvalue weighted by atomic mass is 35.5. The molecule has 3 aliphatic heterocycles. The molecular formula is C24H25ClO7. The largest absolute Gasteiger partial charge is 0.393 e. The normalized spacial score (nSPS) is 34.0. The third-order valence-corrected chi connectivity index (χ3v) is 6.97. The topological polar surface area (TPSA) is 109 Å². The number of hydrogen-bond donors (Lipinski definition) is 4. The number of benzene rings is 2. The van der Waals surface area contributed by atoms with Gasteiger partial charge in [0.1, 0.15) is 23.9 Å². The maximum Gasteiger partial charge on any atom is 0.225 e. The molecule has 0 aromatic heterocycles. The zero-order valence-corrected chi connectivity index (χ0v) is 18.0. The molecule has 5 atom stereocenters. The zero-order valence-electron chi connectivity index (χ0n) is 17.3. The predicted octanol–water partition coefficient (Wildman–Crippen LogP) is 1.37. The summed E-state index contributed by atoms with van der Waals surface area (Å²) in [5.41, 5.74) is 3.07. The Balaban J connectivity index is 1.44. The molecule has 3 heterocycles. The Morgan fingerprint density at radius 3 is 2.50 bits per heavy atom. The standard InChI is InChI=1S/C24H25ClO7/c25-19-6-5-18(24-22(29)20(27)21(28)23(12-26,32-24)13-31-24)10-17(19)9-14-1-3-15(4-2-14)16-7-8-30-11-16/h1-7,10,20-22,26-29H,8-9,11-13H2/t20-,21-,22+,23-,24-/m0/s1. The molecule has 0 saturated carbocycles. The minimum Gasteiger partial charge on any atom is -0.393 e. The lowest BCUT2D eigenvalue weighted by Crippen LogP contribution is -2.65. The van der Waals surface area contributed by atoms with Crippen molar-refractivity contribution in [2.24, 2.45) is 0 Å². The van der Waals surface area contributed by atoms with Crippen molar-refractivity contribution < 1.29 is 34.6 Å². The number of ether oxygens (including phenoxy) is 3. The van der Waals surface area contributed by atoms with Crippen LogP contribution >= 0.6 is 11.6 Å². The molecule has 2 bridgehead atoms. The first-order valence-electron chi connectivity index (χ1n) is 10.5. The van der Waals surface area contributed by atoms with Crippen molar-refractivity contribution in [2.45, 2.75) is 36.1 Å². The van der Waals surface area contributed by atoms with Crippen molar-refractivity contribution in [1.29, 1.82) is 0 Å². The van der Waals surface area contributed by atoms with Crippen LogP contribution in [0.15, 0.2) is 48.5 Å². The van der Waals surface area contributed by atoms with E-state index in [1.165, 1.54) is 5.57 Å². The zero-order chi connectivity index (χ0) is 22.5. The molecule has 0 radical (unpaired) electrons. The van der Waals surface area contributed by atoms with Crippen LogP contribution in [0.25, 0.3) is 5.57 Å². The van der Waals surface area contributed by atoms with Crippen molar-refractivity contribution in [3.63, 3.8) is 0 Å². The number of aliphatic hydroxyl groups excluding tert-OH is 4. The average molecular weight is 461 g/mol. The highest BCUT2D eigenvalue weighted by Gasteiger charge is 2.67. The molecule has 2 aromatic carbocycles. The summed E-state index contributed by atoms with van der Waals surface area (Å²) >= 11 is 6.46. The summed E-state index contributed by atoms with van der Waals surface area (Å²) in [5.74, 6) is -1.71. The first kappa shape index (κ1) is 22.0. The Hall–Kier alpha value is -1.81. The van der Waals surface area contributed by atoms with Crippen LogP contribution in [0.2, 0.25) is 5.02 Å². The summed E-state index contributed by atoms with van der Waals surface area (Å²) < 4.78 is 17.1. The van der Waals surface area contributed by atoms with Crippen LogP contribution in [0, 0.1) is 0 Å². The van der Waals surface area contributed by atoms with E-state index in [4.69, 9.17) is 25.8 Å². The number of halogens is 1. The van der Waals surface area contributed by atoms with Crippen LogP contribution in [-0.4, -0.2) is 70.8 Å². The predicted molar refractivity (Wildman–Crippen MR) is 116 cm³/mol. The molecule has 0 aliphatic carbocycles. The molecule has 170 valence electrons. The van der Waals surface area contributed by atoms with E-state index in [2.05, 4.69) is 6.08 Å². The van der Waals surface area contributed by atoms with Crippen LogP contribution in [0.5, 0.6) is 0 Å². The second-order valence-corrected chi connectivity index (χ2v) is 8.99. The van der Waals surface area contributed by atoms with E-state index in [1.54, 1.807) is 18.2 Å². The highest BCUT2D eigenvalue weighted by molar-refractivity contribution is 6.31. The summed E-state index contributed by atoms with van der Waals surface area (Å²) in [4.78, 5) is 0. The van der Waals surface area contributed by atoms with Gasteiger partial charge in [-0.15, -0.1) is 0 Å². The molecule has 4 N–H and O–H groups in total. The van der Waals surface area contributed by atoms with Gasteiger partial charge in [0.2, 0.25) is 5.79 Å². The second kappa shape index (κ2) is 8.20. The number of fused-ring (bicyclic) bond motifs is 2. The fraction of sp³-hybridized carbons (Fsp3) is 0.417. The summed E-state index contributed by atoms with van der Waals surface area (Å²) in [6, 6.07) is 13.3. The molecule has 32 heavy (non-hydrogen) atoms. The van der Waals surface area contributed by atoms with E-state index in [0.717, 1.165) is 16.7 Å². The summed E-state index contributed by atoms with van der Waals surface area (Å²) in [7, 11) is 0. The molecule has 2 aromatic rings. The van der Waals surface area contributed by atoms with Gasteiger partial charge in [0, 0.05) is 10.6 Å². The molecule has 2 fully saturated rings. The molecule has 2 saturated heterocycles. The quantitative estimate of drug-likeness (QED) is 0.533. The van der Waals surface area contributed by atoms with Gasteiger partial charge >= 0.3 is 0 Å². The average Bonchev–Trinajstić information content (AvgIpc) is 3.48. The Morgan fingerprint density at radius 1 is 1.03 bits per heavy atom. The van der Waals surface area contributed by atoms with Gasteiger partial charge in [0.15, 0.2) is 0 Å². The summed E-state index contributed by atoms with van der Waals surface area (Å²) in [6.07, 6.45) is -1.97. The molecular weight excluding hydrogens is 436 g/mol. The maximum atomic E-state index is 10.7. The first-order valence-corrected chi connectivity index (χ1v) is 10.9. The Kier molecular flexibility index (Phi) is 5.64. The molecule has 0 spiro atoms. The van der Waals surface area contributed by atoms with Gasteiger partial charge < -0.3 is 34.6 Å². The summed E-state index contributed by atoms with van der Waals surface area (Å²) in [6.45, 7) is 0.528. The smallest absolute Gasteiger partial charge is 0.225 e. The van der Waals surface area contributed by atoms with E-state index in [9.17, 15) is 20.4 Å². The van der Waals surface area contributed by atoms with Gasteiger partial charge in [-0.05, 0) is 40.8 Å². The van der Waals surface area contributed by atoms with E-state index in [-0.39, 0.29) is 6.61 Å². The van der Waals surface area contributed by atoms with Crippen molar-refractivity contribution in [3.8, 4) is 0 Å². The van der Waals surface area contributed by atoms with Gasteiger partial charge in [-0.25, -0.2) is 0 Å². The number of hydrogen-bond acceptors (Lipinski definition) is 7. The van der Waals surface area contributed by atoms with Crippen LogP contribution in [0.1, 0.15) is 22.3 Å². The molecule has 8 heteroatoms. The summed E-state index contributed by atoms with van der Waals surface area (Å²) in [5, 5.41) is 41.8. The number of aliphatic hydroxyl groups is 4. The van der Waals surface area contributed by atoms with Gasteiger partial charge in [-0.1, -0.05) is 48.0 Å². The van der Waals surface area contributed by atoms with E-state index >= 15 is 0 Å². The lowest BCUT2D eigenvalue weighted by atomic mass is 9.83. The van der Waals surface area contributed by atoms with Gasteiger partial charge in [0.25, 0.3) is 0 Å². The lowest BCUT2D eigenvalue weighted by Gasteiger charge is -2.46. The third kappa shape index (κ3) is 3.41. The van der Waals surface area contributed by atoms with Gasteiger partial charge in [0.05, 0.1) is 26.4 Å². The van der Waals surface area contributed by atoms with Crippen LogP contribution < -0.4 is 0 Å². The fourth-order valence-corrected chi connectivity index (χ4v) is 4.83. The molecule has 3 aliphatic rings. The molecule has 0 unspecified atom stereocenters. The minimum absolute atomic E-state index is 0.169. The van der Waals surface area contributed by atoms with Gasteiger partial charge in [-0.3, -0.25) is 0 Å². The maximum absolute atomic E-state index is 10.7. The first-order chi connectivity index (χ1) is 15.4. The molecule has 7 nitrogen and oxygen atoms in total. The van der Waals surface area contributed by atoms with Crippen LogP contribution in [0.4, 0.5) is 0 Å². The van der Waals surface area contributed by atoms with E-state index < -0.39 is 36.3 Å². The minimum atomic E-state index is -1.71. The Labute approximate surface area is 190 Å². The Morgan fingerprint density at radius 2 is 1.81 bits per heavy atom. The third-order valence-electron chi connectivity index (χ3n) is 6.60. The second-order valence-electron chi connectivity index (χ2n) is 8.59. The molecule has 5 rings (SSSR count). The molecule has 0 amide bonds. The van der Waals surface area contributed by atoms with Crippen LogP contribution in [-0.2, 0) is 26.4 Å². The lowest BCUT2D eigenvalue weighted by molar-refractivity contribution is -0.329. The highest BCUT2D eigenvalue weighted by Crippen LogP contribution is 2.49. The van der Waals surface area contributed by atoms with Gasteiger partial charge in [-0.2, -0.15) is 0 Å². The monoisotopic (exact) mass is 460 g/mol. The van der Waals surface area contributed by atoms with Crippen molar-refractivity contribution >= 4 is 17.2 Å². The fourth-order valence-electron chi connectivity index (χ4n) is 4.65. The Bertz CT molecular complexity index is 1040. The SMILES string of the molecule is OC[C@@]12CO[C@@](c3ccc(Cl)c(Cc4ccc(C5=CCOC5)cc4)c3)(O1)[C@H](O)[C@@H](O)[C@@H]2O.